The van der Waals surface area contributed by atoms with Crippen LogP contribution in [-0.4, -0.2) is 33.6 Å². The summed E-state index contributed by atoms with van der Waals surface area (Å²) in [5.74, 6) is -0.518. The minimum Gasteiger partial charge on any atom is -0.341 e. The van der Waals surface area contributed by atoms with Crippen LogP contribution in [0.1, 0.15) is 41.3 Å². The monoisotopic (exact) mass is 405 g/mol. The molecule has 1 aromatic carbocycles. The van der Waals surface area contributed by atoms with E-state index in [0.29, 0.717) is 30.5 Å². The van der Waals surface area contributed by atoms with Crippen LogP contribution in [0.4, 0.5) is 4.39 Å². The largest absolute Gasteiger partial charge is 0.341 e. The van der Waals surface area contributed by atoms with Gasteiger partial charge in [0, 0.05) is 55.5 Å². The van der Waals surface area contributed by atoms with Crippen LogP contribution in [0.3, 0.4) is 0 Å². The lowest BCUT2D eigenvalue weighted by Gasteiger charge is -2.16. The number of carbonyl (C=O) groups is 2. The first-order chi connectivity index (χ1) is 14.5. The maximum atomic E-state index is 13.6. The van der Waals surface area contributed by atoms with Crippen molar-refractivity contribution in [2.45, 2.75) is 32.7 Å². The van der Waals surface area contributed by atoms with E-state index in [1.54, 1.807) is 42.4 Å². The number of rotatable bonds is 8. The van der Waals surface area contributed by atoms with E-state index in [9.17, 15) is 14.0 Å². The van der Waals surface area contributed by atoms with Crippen molar-refractivity contribution in [3.8, 4) is 11.3 Å². The van der Waals surface area contributed by atoms with Crippen LogP contribution in [0.5, 0.6) is 0 Å². The molecule has 0 N–H and O–H groups in total. The molecule has 0 fully saturated rings. The Bertz CT molecular complexity index is 1020. The van der Waals surface area contributed by atoms with E-state index in [-0.39, 0.29) is 18.1 Å². The van der Waals surface area contributed by atoms with Crippen molar-refractivity contribution in [1.29, 1.82) is 0 Å². The molecule has 30 heavy (non-hydrogen) atoms. The van der Waals surface area contributed by atoms with E-state index >= 15 is 0 Å². The SMILES string of the molecule is CCC(=O)N(C)Cc1ccc(-c2ccc(C(=O)CCc3cccnc3F)cn2)cc1. The minimum atomic E-state index is -0.535. The molecule has 0 atom stereocenters. The van der Waals surface area contributed by atoms with Crippen LogP contribution in [0.2, 0.25) is 0 Å². The highest BCUT2D eigenvalue weighted by atomic mass is 19.1. The highest BCUT2D eigenvalue weighted by molar-refractivity contribution is 5.96. The lowest BCUT2D eigenvalue weighted by molar-refractivity contribution is -0.130. The highest BCUT2D eigenvalue weighted by Gasteiger charge is 2.11. The molecule has 0 bridgehead atoms. The van der Waals surface area contributed by atoms with Gasteiger partial charge in [-0.25, -0.2) is 4.98 Å². The number of hydrogen-bond donors (Lipinski definition) is 0. The third-order valence-corrected chi connectivity index (χ3v) is 4.94. The van der Waals surface area contributed by atoms with Crippen LogP contribution in [0.15, 0.2) is 60.9 Å². The number of halogens is 1. The molecule has 2 aromatic heterocycles. The van der Waals surface area contributed by atoms with E-state index < -0.39 is 5.95 Å². The zero-order valence-corrected chi connectivity index (χ0v) is 17.1. The molecule has 2 heterocycles. The normalized spacial score (nSPS) is 10.6. The van der Waals surface area contributed by atoms with E-state index in [1.165, 1.54) is 6.20 Å². The zero-order chi connectivity index (χ0) is 21.5. The van der Waals surface area contributed by atoms with E-state index in [1.807, 2.05) is 31.2 Å². The second-order valence-corrected chi connectivity index (χ2v) is 7.11. The smallest absolute Gasteiger partial charge is 0.222 e. The number of nitrogens with zero attached hydrogens (tertiary/aromatic N) is 3. The van der Waals surface area contributed by atoms with Gasteiger partial charge in [0.1, 0.15) is 0 Å². The second-order valence-electron chi connectivity index (χ2n) is 7.11. The summed E-state index contributed by atoms with van der Waals surface area (Å²) in [6, 6.07) is 14.7. The second kappa shape index (κ2) is 9.87. The quantitative estimate of drug-likeness (QED) is 0.410. The van der Waals surface area contributed by atoms with Crippen LogP contribution in [0.25, 0.3) is 11.3 Å². The average molecular weight is 405 g/mol. The molecule has 0 saturated carbocycles. The van der Waals surface area contributed by atoms with Gasteiger partial charge in [-0.05, 0) is 30.2 Å². The Morgan fingerprint density at radius 2 is 1.80 bits per heavy atom. The first kappa shape index (κ1) is 21.3. The Balaban J connectivity index is 1.61. The zero-order valence-electron chi connectivity index (χ0n) is 17.1. The summed E-state index contributed by atoms with van der Waals surface area (Å²) in [6.07, 6.45) is 3.93. The van der Waals surface area contributed by atoms with Gasteiger partial charge in [0.05, 0.1) is 5.69 Å². The number of aryl methyl sites for hydroxylation is 1. The number of ketones is 1. The maximum Gasteiger partial charge on any atom is 0.222 e. The lowest BCUT2D eigenvalue weighted by atomic mass is 10.0. The van der Waals surface area contributed by atoms with Gasteiger partial charge in [-0.15, -0.1) is 0 Å². The predicted molar refractivity (Wildman–Crippen MR) is 113 cm³/mol. The van der Waals surface area contributed by atoms with Crippen molar-refractivity contribution in [3.05, 3.63) is 83.6 Å². The van der Waals surface area contributed by atoms with Crippen LogP contribution in [-0.2, 0) is 17.8 Å². The standard InChI is InChI=1S/C24H24FN3O2/c1-3-23(30)28(2)16-17-6-8-18(9-7-17)21-12-10-20(15-27-21)22(29)13-11-19-5-4-14-26-24(19)25/h4-10,12,14-15H,3,11,13,16H2,1-2H3. The fourth-order valence-corrected chi connectivity index (χ4v) is 3.14. The Morgan fingerprint density at radius 3 is 2.43 bits per heavy atom. The number of hydrogen-bond acceptors (Lipinski definition) is 4. The molecule has 0 unspecified atom stereocenters. The minimum absolute atomic E-state index is 0.0868. The van der Waals surface area contributed by atoms with Crippen molar-refractivity contribution in [2.24, 2.45) is 0 Å². The number of pyridine rings is 2. The van der Waals surface area contributed by atoms with Gasteiger partial charge in [0.15, 0.2) is 5.78 Å². The summed E-state index contributed by atoms with van der Waals surface area (Å²) in [4.78, 5) is 33.8. The third kappa shape index (κ3) is 5.35. The molecule has 1 amide bonds. The fraction of sp³-hybridized carbons (Fsp3) is 0.250. The number of amides is 1. The summed E-state index contributed by atoms with van der Waals surface area (Å²) in [7, 11) is 1.79. The molecular formula is C24H24FN3O2. The van der Waals surface area contributed by atoms with Crippen molar-refractivity contribution in [1.82, 2.24) is 14.9 Å². The van der Waals surface area contributed by atoms with Gasteiger partial charge >= 0.3 is 0 Å². The number of benzene rings is 1. The van der Waals surface area contributed by atoms with Crippen molar-refractivity contribution >= 4 is 11.7 Å². The molecule has 0 spiro atoms. The van der Waals surface area contributed by atoms with Crippen LogP contribution < -0.4 is 0 Å². The van der Waals surface area contributed by atoms with Crippen LogP contribution >= 0.6 is 0 Å². The van der Waals surface area contributed by atoms with Crippen molar-refractivity contribution in [3.63, 3.8) is 0 Å². The van der Waals surface area contributed by atoms with Crippen molar-refractivity contribution in [2.75, 3.05) is 7.05 Å². The van der Waals surface area contributed by atoms with Gasteiger partial charge < -0.3 is 4.90 Å². The molecule has 0 saturated heterocycles. The maximum absolute atomic E-state index is 13.6. The van der Waals surface area contributed by atoms with Gasteiger partial charge in [-0.1, -0.05) is 37.3 Å². The van der Waals surface area contributed by atoms with Crippen molar-refractivity contribution < 1.29 is 14.0 Å². The van der Waals surface area contributed by atoms with E-state index in [4.69, 9.17) is 0 Å². The molecule has 0 radical (unpaired) electrons. The predicted octanol–water partition coefficient (Wildman–Crippen LogP) is 4.47. The highest BCUT2D eigenvalue weighted by Crippen LogP contribution is 2.19. The van der Waals surface area contributed by atoms with Gasteiger partial charge in [-0.2, -0.15) is 4.39 Å². The van der Waals surface area contributed by atoms with E-state index in [0.717, 1.165) is 16.8 Å². The van der Waals surface area contributed by atoms with Gasteiger partial charge in [-0.3, -0.25) is 14.6 Å². The molecule has 3 rings (SSSR count). The lowest BCUT2D eigenvalue weighted by Crippen LogP contribution is -2.25. The Morgan fingerprint density at radius 1 is 1.03 bits per heavy atom. The number of carbonyl (C=O) groups excluding carboxylic acids is 2. The summed E-state index contributed by atoms with van der Waals surface area (Å²) >= 11 is 0. The summed E-state index contributed by atoms with van der Waals surface area (Å²) in [5.41, 5.74) is 3.66. The molecule has 6 heteroatoms. The molecule has 0 aliphatic carbocycles. The third-order valence-electron chi connectivity index (χ3n) is 4.94. The topological polar surface area (TPSA) is 63.2 Å². The molecule has 0 aliphatic rings. The average Bonchev–Trinajstić information content (AvgIpc) is 2.78. The Labute approximate surface area is 175 Å². The fourth-order valence-electron chi connectivity index (χ4n) is 3.14. The molecule has 154 valence electrons. The number of aromatic nitrogens is 2. The first-order valence-electron chi connectivity index (χ1n) is 9.90. The Kier molecular flexibility index (Phi) is 7.01. The first-order valence-corrected chi connectivity index (χ1v) is 9.90. The number of Topliss-reactive ketones (excluding diaryl/α,β-unsaturated/α-hetero) is 1. The Hall–Kier alpha value is -3.41. The summed E-state index contributed by atoms with van der Waals surface area (Å²) < 4.78 is 13.6. The van der Waals surface area contributed by atoms with Gasteiger partial charge in [0.25, 0.3) is 0 Å². The molecule has 0 aliphatic heterocycles. The van der Waals surface area contributed by atoms with E-state index in [2.05, 4.69) is 9.97 Å². The molecular weight excluding hydrogens is 381 g/mol. The summed E-state index contributed by atoms with van der Waals surface area (Å²) in [6.45, 7) is 2.41. The summed E-state index contributed by atoms with van der Waals surface area (Å²) in [5, 5.41) is 0. The molecule has 5 nitrogen and oxygen atoms in total. The van der Waals surface area contributed by atoms with Crippen LogP contribution in [0, 0.1) is 5.95 Å². The van der Waals surface area contributed by atoms with Gasteiger partial charge in [0.2, 0.25) is 11.9 Å². The molecule has 3 aromatic rings.